The number of hydrogen-bond donors (Lipinski definition) is 1. The van der Waals surface area contributed by atoms with Gasteiger partial charge in [0.2, 0.25) is 0 Å². The number of nitrogens with zero attached hydrogens (tertiary/aromatic N) is 1. The van der Waals surface area contributed by atoms with Crippen LogP contribution in [0, 0.1) is 0 Å². The Morgan fingerprint density at radius 3 is 2.22 bits per heavy atom. The van der Waals surface area contributed by atoms with Crippen LogP contribution in [0.4, 0.5) is 0 Å². The molecule has 0 bridgehead atoms. The molecule has 0 saturated carbocycles. The standard InChI is InChI=1S/C24H20N2O/c27-24(20-12-5-2-6-13-20)26-23(18-9-3-1-4-10-18)17-21-16-15-19-11-7-8-14-22(19)25-21/h1-16,23H,17H2,(H,26,27)/t23-/m1/s1. The van der Waals surface area contributed by atoms with Gasteiger partial charge in [-0.25, -0.2) is 0 Å². The molecule has 0 radical (unpaired) electrons. The molecule has 27 heavy (non-hydrogen) atoms. The van der Waals surface area contributed by atoms with Crippen molar-refractivity contribution < 1.29 is 4.79 Å². The highest BCUT2D eigenvalue weighted by atomic mass is 16.1. The van der Waals surface area contributed by atoms with Crippen molar-refractivity contribution in [3.63, 3.8) is 0 Å². The molecule has 0 unspecified atom stereocenters. The van der Waals surface area contributed by atoms with Crippen LogP contribution in [-0.4, -0.2) is 10.9 Å². The van der Waals surface area contributed by atoms with Gasteiger partial charge in [0, 0.05) is 23.1 Å². The van der Waals surface area contributed by atoms with Gasteiger partial charge < -0.3 is 5.32 Å². The molecular weight excluding hydrogens is 332 g/mol. The second-order valence-corrected chi connectivity index (χ2v) is 6.50. The lowest BCUT2D eigenvalue weighted by Crippen LogP contribution is -2.30. The molecule has 0 aliphatic rings. The zero-order valence-corrected chi connectivity index (χ0v) is 14.9. The van der Waals surface area contributed by atoms with Gasteiger partial charge in [0.25, 0.3) is 5.91 Å². The van der Waals surface area contributed by atoms with Crippen LogP contribution < -0.4 is 5.32 Å². The second-order valence-electron chi connectivity index (χ2n) is 6.50. The minimum absolute atomic E-state index is 0.0785. The van der Waals surface area contributed by atoms with E-state index in [1.165, 1.54) is 0 Å². The molecule has 0 fully saturated rings. The van der Waals surface area contributed by atoms with Crippen LogP contribution in [0.1, 0.15) is 27.7 Å². The van der Waals surface area contributed by atoms with Gasteiger partial charge in [-0.3, -0.25) is 9.78 Å². The summed E-state index contributed by atoms with van der Waals surface area (Å²) in [4.78, 5) is 17.5. The van der Waals surface area contributed by atoms with Crippen LogP contribution in [0.25, 0.3) is 10.9 Å². The Hall–Kier alpha value is -3.46. The summed E-state index contributed by atoms with van der Waals surface area (Å²) in [5.41, 5.74) is 3.65. The van der Waals surface area contributed by atoms with Gasteiger partial charge in [0.15, 0.2) is 0 Å². The smallest absolute Gasteiger partial charge is 0.251 e. The first-order valence-corrected chi connectivity index (χ1v) is 9.05. The summed E-state index contributed by atoms with van der Waals surface area (Å²) in [6, 6.07) is 31.4. The third kappa shape index (κ3) is 4.04. The van der Waals surface area contributed by atoms with E-state index in [1.807, 2.05) is 84.9 Å². The maximum absolute atomic E-state index is 12.7. The average Bonchev–Trinajstić information content (AvgIpc) is 2.74. The normalized spacial score (nSPS) is 11.9. The summed E-state index contributed by atoms with van der Waals surface area (Å²) in [5, 5.41) is 4.28. The third-order valence-electron chi connectivity index (χ3n) is 4.61. The molecule has 4 rings (SSSR count). The number of aromatic nitrogens is 1. The minimum Gasteiger partial charge on any atom is -0.345 e. The molecule has 0 aliphatic heterocycles. The van der Waals surface area contributed by atoms with E-state index in [9.17, 15) is 4.79 Å². The van der Waals surface area contributed by atoms with Crippen molar-refractivity contribution in [1.82, 2.24) is 10.3 Å². The highest BCUT2D eigenvalue weighted by Gasteiger charge is 2.17. The van der Waals surface area contributed by atoms with Crippen molar-refractivity contribution in [3.05, 3.63) is 114 Å². The number of carbonyl (C=O) groups is 1. The number of carbonyl (C=O) groups excluding carboxylic acids is 1. The fourth-order valence-corrected chi connectivity index (χ4v) is 3.20. The second kappa shape index (κ2) is 7.83. The molecule has 1 amide bonds. The fourth-order valence-electron chi connectivity index (χ4n) is 3.20. The third-order valence-corrected chi connectivity index (χ3v) is 4.61. The Kier molecular flexibility index (Phi) is 4.93. The molecule has 1 aromatic heterocycles. The summed E-state index contributed by atoms with van der Waals surface area (Å²) in [6.45, 7) is 0. The minimum atomic E-state index is -0.146. The van der Waals surface area contributed by atoms with Crippen LogP contribution in [0.2, 0.25) is 0 Å². The van der Waals surface area contributed by atoms with E-state index in [1.54, 1.807) is 0 Å². The Balaban J connectivity index is 1.62. The molecule has 4 aromatic rings. The molecule has 1 N–H and O–H groups in total. The zero-order valence-electron chi connectivity index (χ0n) is 14.9. The van der Waals surface area contributed by atoms with E-state index in [2.05, 4.69) is 17.4 Å². The van der Waals surface area contributed by atoms with Gasteiger partial charge in [-0.15, -0.1) is 0 Å². The van der Waals surface area contributed by atoms with E-state index < -0.39 is 0 Å². The van der Waals surface area contributed by atoms with Crippen LogP contribution >= 0.6 is 0 Å². The lowest BCUT2D eigenvalue weighted by Gasteiger charge is -2.19. The first-order valence-electron chi connectivity index (χ1n) is 9.05. The molecule has 0 aliphatic carbocycles. The number of nitrogens with one attached hydrogen (secondary N) is 1. The summed E-state index contributed by atoms with van der Waals surface area (Å²) in [7, 11) is 0. The number of fused-ring (bicyclic) bond motifs is 1. The van der Waals surface area contributed by atoms with E-state index in [0.717, 1.165) is 22.2 Å². The Morgan fingerprint density at radius 1 is 0.778 bits per heavy atom. The Bertz CT molecular complexity index is 1050. The van der Waals surface area contributed by atoms with Crippen molar-refractivity contribution in [2.45, 2.75) is 12.5 Å². The van der Waals surface area contributed by atoms with Gasteiger partial charge in [0.05, 0.1) is 11.6 Å². The van der Waals surface area contributed by atoms with E-state index in [0.29, 0.717) is 12.0 Å². The Morgan fingerprint density at radius 2 is 1.44 bits per heavy atom. The predicted molar refractivity (Wildman–Crippen MR) is 109 cm³/mol. The molecule has 0 spiro atoms. The van der Waals surface area contributed by atoms with Crippen molar-refractivity contribution >= 4 is 16.8 Å². The number of hydrogen-bond acceptors (Lipinski definition) is 2. The summed E-state index contributed by atoms with van der Waals surface area (Å²) < 4.78 is 0. The first-order chi connectivity index (χ1) is 13.3. The molecule has 1 atom stereocenters. The lowest BCUT2D eigenvalue weighted by molar-refractivity contribution is 0.0936. The predicted octanol–water partition coefficient (Wildman–Crippen LogP) is 4.95. The van der Waals surface area contributed by atoms with Gasteiger partial charge in [-0.2, -0.15) is 0 Å². The fraction of sp³-hybridized carbons (Fsp3) is 0.0833. The molecule has 0 saturated heterocycles. The average molecular weight is 352 g/mol. The molecule has 3 aromatic carbocycles. The topological polar surface area (TPSA) is 42.0 Å². The highest BCUT2D eigenvalue weighted by molar-refractivity contribution is 5.94. The molecule has 132 valence electrons. The SMILES string of the molecule is O=C(N[C@H](Cc1ccc2ccccc2n1)c1ccccc1)c1ccccc1. The summed E-state index contributed by atoms with van der Waals surface area (Å²) in [6.07, 6.45) is 0.632. The van der Waals surface area contributed by atoms with Crippen molar-refractivity contribution in [3.8, 4) is 0 Å². The quantitative estimate of drug-likeness (QED) is 0.552. The number of benzene rings is 3. The maximum Gasteiger partial charge on any atom is 0.251 e. The van der Waals surface area contributed by atoms with Gasteiger partial charge in [0.1, 0.15) is 0 Å². The van der Waals surface area contributed by atoms with Crippen molar-refractivity contribution in [2.75, 3.05) is 0 Å². The van der Waals surface area contributed by atoms with Gasteiger partial charge in [-0.1, -0.05) is 72.8 Å². The number of para-hydroxylation sites is 1. The van der Waals surface area contributed by atoms with Crippen molar-refractivity contribution in [2.24, 2.45) is 0 Å². The molecule has 1 heterocycles. The van der Waals surface area contributed by atoms with Gasteiger partial charge in [-0.05, 0) is 29.8 Å². The summed E-state index contributed by atoms with van der Waals surface area (Å²) >= 11 is 0. The molecule has 3 heteroatoms. The van der Waals surface area contributed by atoms with Crippen LogP contribution in [0.3, 0.4) is 0 Å². The van der Waals surface area contributed by atoms with E-state index in [4.69, 9.17) is 4.98 Å². The van der Waals surface area contributed by atoms with Crippen LogP contribution in [0.5, 0.6) is 0 Å². The van der Waals surface area contributed by atoms with Crippen molar-refractivity contribution in [1.29, 1.82) is 0 Å². The largest absolute Gasteiger partial charge is 0.345 e. The van der Waals surface area contributed by atoms with Gasteiger partial charge >= 0.3 is 0 Å². The maximum atomic E-state index is 12.7. The van der Waals surface area contributed by atoms with Crippen LogP contribution in [-0.2, 0) is 6.42 Å². The zero-order chi connectivity index (χ0) is 18.5. The van der Waals surface area contributed by atoms with Crippen LogP contribution in [0.15, 0.2) is 97.1 Å². The monoisotopic (exact) mass is 352 g/mol. The highest BCUT2D eigenvalue weighted by Crippen LogP contribution is 2.20. The number of amides is 1. The number of rotatable bonds is 5. The molecule has 3 nitrogen and oxygen atoms in total. The Labute approximate surface area is 158 Å². The van der Waals surface area contributed by atoms with E-state index in [-0.39, 0.29) is 11.9 Å². The van der Waals surface area contributed by atoms with E-state index >= 15 is 0 Å². The molecular formula is C24H20N2O. The lowest BCUT2D eigenvalue weighted by atomic mass is 10.0. The summed E-state index contributed by atoms with van der Waals surface area (Å²) in [5.74, 6) is -0.0785. The first kappa shape index (κ1) is 17.0. The number of pyridine rings is 1.